The molecule has 0 bridgehead atoms. The van der Waals surface area contributed by atoms with Crippen molar-refractivity contribution >= 4 is 17.8 Å². The van der Waals surface area contributed by atoms with Crippen molar-refractivity contribution in [1.29, 1.82) is 0 Å². The first-order valence-corrected chi connectivity index (χ1v) is 7.52. The Bertz CT molecular complexity index is 820. The van der Waals surface area contributed by atoms with E-state index in [0.717, 1.165) is 0 Å². The Hall–Kier alpha value is -3.62. The fraction of sp³-hybridized carbons (Fsp3) is 0.176. The molecular formula is C17H17N3O6. The Kier molecular flexibility index (Phi) is 6.10. The number of hydrogen-bond donors (Lipinski definition) is 2. The number of methoxy groups -OCH3 is 1. The second-order valence-corrected chi connectivity index (χ2v) is 5.14. The zero-order chi connectivity index (χ0) is 19.1. The van der Waals surface area contributed by atoms with Gasteiger partial charge >= 0.3 is 0 Å². The van der Waals surface area contributed by atoms with Crippen LogP contribution in [-0.4, -0.2) is 35.4 Å². The number of benzene rings is 2. The Balaban J connectivity index is 1.93. The van der Waals surface area contributed by atoms with Crippen LogP contribution in [0.3, 0.4) is 0 Å². The van der Waals surface area contributed by atoms with Crippen LogP contribution in [0.4, 0.5) is 5.69 Å². The highest BCUT2D eigenvalue weighted by atomic mass is 16.6. The Morgan fingerprint density at radius 1 is 1.31 bits per heavy atom. The summed E-state index contributed by atoms with van der Waals surface area (Å²) in [5.74, 6) is -0.0204. The van der Waals surface area contributed by atoms with Crippen molar-refractivity contribution in [2.75, 3.05) is 7.11 Å². The maximum absolute atomic E-state index is 12.0. The van der Waals surface area contributed by atoms with Crippen LogP contribution in [0.25, 0.3) is 0 Å². The average Bonchev–Trinajstić information content (AvgIpc) is 2.63. The molecule has 0 aliphatic heterocycles. The van der Waals surface area contributed by atoms with Gasteiger partial charge in [0.25, 0.3) is 11.6 Å². The number of nitro benzene ring substituents is 1. The number of carbonyl (C=O) groups is 1. The van der Waals surface area contributed by atoms with E-state index in [1.165, 1.54) is 44.5 Å². The highest BCUT2D eigenvalue weighted by Crippen LogP contribution is 2.27. The van der Waals surface area contributed by atoms with E-state index in [2.05, 4.69) is 10.5 Å². The minimum Gasteiger partial charge on any atom is -0.504 e. The number of aromatic hydroxyl groups is 1. The van der Waals surface area contributed by atoms with Gasteiger partial charge in [0.05, 0.1) is 18.2 Å². The summed E-state index contributed by atoms with van der Waals surface area (Å²) in [6.45, 7) is 1.51. The maximum Gasteiger partial charge on any atom is 0.280 e. The summed E-state index contributed by atoms with van der Waals surface area (Å²) >= 11 is 0. The van der Waals surface area contributed by atoms with Crippen molar-refractivity contribution in [2.45, 2.75) is 13.0 Å². The maximum atomic E-state index is 12.0. The highest BCUT2D eigenvalue weighted by molar-refractivity contribution is 5.87. The number of amides is 1. The third-order valence-electron chi connectivity index (χ3n) is 3.36. The SMILES string of the molecule is COc1cccc(/C=N\NC(=O)[C@@H](C)Oc2ccc([N+](=O)[O-])cc2)c1O. The molecule has 9 heteroatoms. The third-order valence-corrected chi connectivity index (χ3v) is 3.36. The molecule has 0 unspecified atom stereocenters. The number of ether oxygens (including phenoxy) is 2. The second kappa shape index (κ2) is 8.47. The van der Waals surface area contributed by atoms with Crippen LogP contribution in [0, 0.1) is 10.1 Å². The molecule has 2 N–H and O–H groups in total. The van der Waals surface area contributed by atoms with Crippen LogP contribution >= 0.6 is 0 Å². The van der Waals surface area contributed by atoms with E-state index in [9.17, 15) is 20.0 Å². The van der Waals surface area contributed by atoms with Gasteiger partial charge in [-0.05, 0) is 31.2 Å². The number of carbonyl (C=O) groups excluding carboxylic acids is 1. The molecule has 0 aliphatic carbocycles. The van der Waals surface area contributed by atoms with Crippen LogP contribution < -0.4 is 14.9 Å². The van der Waals surface area contributed by atoms with Crippen molar-refractivity contribution < 1.29 is 24.3 Å². The molecule has 0 saturated heterocycles. The number of nitrogens with one attached hydrogen (secondary N) is 1. The van der Waals surface area contributed by atoms with E-state index >= 15 is 0 Å². The van der Waals surface area contributed by atoms with E-state index in [1.54, 1.807) is 18.2 Å². The van der Waals surface area contributed by atoms with Gasteiger partial charge in [-0.25, -0.2) is 5.43 Å². The lowest BCUT2D eigenvalue weighted by molar-refractivity contribution is -0.384. The monoisotopic (exact) mass is 359 g/mol. The molecule has 26 heavy (non-hydrogen) atoms. The summed E-state index contributed by atoms with van der Waals surface area (Å²) in [4.78, 5) is 22.1. The number of hydrogen-bond acceptors (Lipinski definition) is 7. The van der Waals surface area contributed by atoms with Gasteiger partial charge in [0.2, 0.25) is 0 Å². The fourth-order valence-electron chi connectivity index (χ4n) is 1.97. The van der Waals surface area contributed by atoms with E-state index in [1.807, 2.05) is 0 Å². The Labute approximate surface area is 149 Å². The third kappa shape index (κ3) is 4.69. The van der Waals surface area contributed by atoms with Crippen LogP contribution in [0.15, 0.2) is 47.6 Å². The number of non-ortho nitro benzene ring substituents is 1. The first-order valence-electron chi connectivity index (χ1n) is 7.52. The molecule has 0 saturated carbocycles. The molecular weight excluding hydrogens is 342 g/mol. The number of para-hydroxylation sites is 1. The molecule has 0 aliphatic rings. The largest absolute Gasteiger partial charge is 0.504 e. The van der Waals surface area contributed by atoms with Gasteiger partial charge in [0.15, 0.2) is 17.6 Å². The van der Waals surface area contributed by atoms with Crippen molar-refractivity contribution in [2.24, 2.45) is 5.10 Å². The van der Waals surface area contributed by atoms with Crippen LogP contribution in [0.5, 0.6) is 17.2 Å². The minimum atomic E-state index is -0.882. The molecule has 2 aromatic rings. The summed E-state index contributed by atoms with van der Waals surface area (Å²) in [7, 11) is 1.43. The zero-order valence-electron chi connectivity index (χ0n) is 14.1. The number of nitrogens with zero attached hydrogens (tertiary/aromatic N) is 2. The van der Waals surface area contributed by atoms with Gasteiger partial charge in [0, 0.05) is 17.7 Å². The average molecular weight is 359 g/mol. The molecule has 0 radical (unpaired) electrons. The highest BCUT2D eigenvalue weighted by Gasteiger charge is 2.15. The van der Waals surface area contributed by atoms with Crippen LogP contribution in [0.2, 0.25) is 0 Å². The van der Waals surface area contributed by atoms with Gasteiger partial charge in [-0.1, -0.05) is 6.07 Å². The van der Waals surface area contributed by atoms with Crippen LogP contribution in [0.1, 0.15) is 12.5 Å². The van der Waals surface area contributed by atoms with Gasteiger partial charge in [0.1, 0.15) is 5.75 Å². The number of hydrazone groups is 1. The summed E-state index contributed by atoms with van der Waals surface area (Å²) < 4.78 is 10.4. The molecule has 0 spiro atoms. The quantitative estimate of drug-likeness (QED) is 0.444. The smallest absolute Gasteiger partial charge is 0.280 e. The molecule has 136 valence electrons. The van der Waals surface area contributed by atoms with E-state index in [4.69, 9.17) is 9.47 Å². The first-order chi connectivity index (χ1) is 12.4. The molecule has 2 rings (SSSR count). The Morgan fingerprint density at radius 2 is 2.00 bits per heavy atom. The van der Waals surface area contributed by atoms with Gasteiger partial charge in [-0.2, -0.15) is 5.10 Å². The van der Waals surface area contributed by atoms with E-state index in [0.29, 0.717) is 11.3 Å². The number of rotatable bonds is 7. The topological polar surface area (TPSA) is 123 Å². The number of phenols is 1. The molecule has 1 amide bonds. The van der Waals surface area contributed by atoms with Gasteiger partial charge in [-0.15, -0.1) is 0 Å². The molecule has 9 nitrogen and oxygen atoms in total. The lowest BCUT2D eigenvalue weighted by Gasteiger charge is -2.12. The van der Waals surface area contributed by atoms with Gasteiger partial charge in [-0.3, -0.25) is 14.9 Å². The van der Waals surface area contributed by atoms with E-state index < -0.39 is 16.9 Å². The molecule has 1 atom stereocenters. The predicted molar refractivity (Wildman–Crippen MR) is 93.6 cm³/mol. The lowest BCUT2D eigenvalue weighted by atomic mass is 10.2. The zero-order valence-corrected chi connectivity index (χ0v) is 14.1. The summed E-state index contributed by atoms with van der Waals surface area (Å²) in [5.41, 5.74) is 2.59. The summed E-state index contributed by atoms with van der Waals surface area (Å²) in [5, 5.41) is 24.3. The molecule has 2 aromatic carbocycles. The van der Waals surface area contributed by atoms with Crippen molar-refractivity contribution in [1.82, 2.24) is 5.43 Å². The second-order valence-electron chi connectivity index (χ2n) is 5.14. The van der Waals surface area contributed by atoms with Crippen molar-refractivity contribution in [3.63, 3.8) is 0 Å². The van der Waals surface area contributed by atoms with Crippen molar-refractivity contribution in [3.8, 4) is 17.2 Å². The molecule has 0 heterocycles. The normalized spacial score (nSPS) is 11.8. The lowest BCUT2D eigenvalue weighted by Crippen LogP contribution is -2.33. The number of phenolic OH excluding ortho intramolecular Hbond substituents is 1. The van der Waals surface area contributed by atoms with Crippen molar-refractivity contribution in [3.05, 3.63) is 58.1 Å². The minimum absolute atomic E-state index is 0.0721. The fourth-order valence-corrected chi connectivity index (χ4v) is 1.97. The number of nitro groups is 1. The van der Waals surface area contributed by atoms with Gasteiger partial charge < -0.3 is 14.6 Å². The molecule has 0 fully saturated rings. The Morgan fingerprint density at radius 3 is 2.62 bits per heavy atom. The first kappa shape index (κ1) is 18.7. The standard InChI is InChI=1S/C17H17N3O6/c1-11(26-14-8-6-13(7-9-14)20(23)24)17(22)19-18-10-12-4-3-5-15(25-2)16(12)21/h3-11,21H,1-2H3,(H,19,22)/b18-10-/t11-/m1/s1. The van der Waals surface area contributed by atoms with E-state index in [-0.39, 0.29) is 17.2 Å². The van der Waals surface area contributed by atoms with Crippen LogP contribution in [-0.2, 0) is 4.79 Å². The summed E-state index contributed by atoms with van der Waals surface area (Å²) in [6, 6.07) is 10.2. The predicted octanol–water partition coefficient (Wildman–Crippen LogP) is 2.23. The summed E-state index contributed by atoms with van der Waals surface area (Å²) in [6.07, 6.45) is 0.390. The molecule has 0 aromatic heterocycles.